The molecule has 0 spiro atoms. The van der Waals surface area contributed by atoms with Crippen LogP contribution < -0.4 is 14.8 Å². The average Bonchev–Trinajstić information content (AvgIpc) is 2.81. The van der Waals surface area contributed by atoms with E-state index in [1.54, 1.807) is 13.2 Å². The van der Waals surface area contributed by atoms with Crippen LogP contribution in [0.3, 0.4) is 0 Å². The minimum Gasteiger partial charge on any atom is -0.504 e. The van der Waals surface area contributed by atoms with Gasteiger partial charge in [-0.05, 0) is 78.1 Å². The van der Waals surface area contributed by atoms with Crippen LogP contribution in [0.4, 0.5) is 5.69 Å². The van der Waals surface area contributed by atoms with Crippen LogP contribution in [0, 0.1) is 0 Å². The Morgan fingerprint density at radius 2 is 1.51 bits per heavy atom. The number of aromatic hydroxyl groups is 1. The molecule has 2 N–H and O–H groups in total. The van der Waals surface area contributed by atoms with Crippen molar-refractivity contribution in [1.29, 1.82) is 0 Å². The summed E-state index contributed by atoms with van der Waals surface area (Å²) >= 11 is 0. The van der Waals surface area contributed by atoms with Crippen LogP contribution in [-0.4, -0.2) is 17.8 Å². The van der Waals surface area contributed by atoms with Crippen molar-refractivity contribution >= 4 is 23.1 Å². The Morgan fingerprint density at radius 1 is 0.872 bits per heavy atom. The smallest absolute Gasteiger partial charge is 0.172 e. The standard InChI is InChI=1S/C35H41NO3/c1-20-19-35(8,9)36-25-12-11-24-30(29(20)25)28(39-27-14-13-26(37)32(38-10)31(24)27)17-21-15-22(33(2,3)4)18-23(16-21)34(5,6)7/h11-19,36-37H,1-10H3. The average molecular weight is 524 g/mol. The highest BCUT2D eigenvalue weighted by Gasteiger charge is 2.33. The molecule has 3 aromatic rings. The number of rotatable bonds is 2. The first-order valence-corrected chi connectivity index (χ1v) is 13.7. The van der Waals surface area contributed by atoms with Crippen LogP contribution in [0.2, 0.25) is 0 Å². The highest BCUT2D eigenvalue weighted by Crippen LogP contribution is 2.54. The number of anilines is 1. The van der Waals surface area contributed by atoms with E-state index < -0.39 is 0 Å². The molecule has 5 rings (SSSR count). The summed E-state index contributed by atoms with van der Waals surface area (Å²) in [7, 11) is 1.58. The van der Waals surface area contributed by atoms with Gasteiger partial charge in [0.15, 0.2) is 11.5 Å². The summed E-state index contributed by atoms with van der Waals surface area (Å²) in [5, 5.41) is 14.3. The SMILES string of the molecule is COc1c(O)ccc2c1-c1ccc3c(c1C(=Cc1cc(C(C)(C)C)cc(C(C)(C)C)c1)O2)C(C)=CC(C)(C)N3. The molecule has 4 heteroatoms. The Hall–Kier alpha value is -3.66. The zero-order valence-electron chi connectivity index (χ0n) is 25.0. The van der Waals surface area contributed by atoms with Gasteiger partial charge < -0.3 is 19.9 Å². The van der Waals surface area contributed by atoms with E-state index in [9.17, 15) is 5.11 Å². The van der Waals surface area contributed by atoms with Gasteiger partial charge in [0.2, 0.25) is 0 Å². The van der Waals surface area contributed by atoms with Gasteiger partial charge in [-0.2, -0.15) is 0 Å². The van der Waals surface area contributed by atoms with E-state index in [4.69, 9.17) is 9.47 Å². The van der Waals surface area contributed by atoms with E-state index >= 15 is 0 Å². The fraction of sp³-hybridized carbons (Fsp3) is 0.371. The summed E-state index contributed by atoms with van der Waals surface area (Å²) < 4.78 is 12.4. The minimum atomic E-state index is -0.165. The van der Waals surface area contributed by atoms with E-state index in [2.05, 4.69) is 110 Å². The molecule has 4 nitrogen and oxygen atoms in total. The second kappa shape index (κ2) is 8.94. The van der Waals surface area contributed by atoms with Crippen molar-refractivity contribution in [3.8, 4) is 28.4 Å². The molecule has 0 atom stereocenters. The van der Waals surface area contributed by atoms with Gasteiger partial charge >= 0.3 is 0 Å². The van der Waals surface area contributed by atoms with E-state index in [1.165, 1.54) is 16.7 Å². The molecule has 0 aliphatic carbocycles. The van der Waals surface area contributed by atoms with Gasteiger partial charge in [-0.3, -0.25) is 0 Å². The van der Waals surface area contributed by atoms with Gasteiger partial charge in [0.05, 0.1) is 18.2 Å². The Labute approximate surface area is 233 Å². The van der Waals surface area contributed by atoms with Crippen LogP contribution in [0.15, 0.2) is 48.5 Å². The first-order valence-electron chi connectivity index (χ1n) is 13.7. The minimum absolute atomic E-state index is 0.00529. The number of benzene rings is 3. The van der Waals surface area contributed by atoms with Crippen molar-refractivity contribution in [3.63, 3.8) is 0 Å². The van der Waals surface area contributed by atoms with Crippen molar-refractivity contribution in [2.24, 2.45) is 0 Å². The first-order chi connectivity index (χ1) is 18.1. The van der Waals surface area contributed by atoms with Crippen molar-refractivity contribution in [3.05, 3.63) is 76.4 Å². The predicted molar refractivity (Wildman–Crippen MR) is 164 cm³/mol. The molecule has 0 aromatic heterocycles. The van der Waals surface area contributed by atoms with Gasteiger partial charge in [0.25, 0.3) is 0 Å². The van der Waals surface area contributed by atoms with Crippen LogP contribution in [0.25, 0.3) is 28.5 Å². The van der Waals surface area contributed by atoms with E-state index in [1.807, 2.05) is 6.07 Å². The molecule has 2 aliphatic rings. The molecule has 0 saturated heterocycles. The number of allylic oxidation sites excluding steroid dienone is 1. The largest absolute Gasteiger partial charge is 0.504 e. The Bertz CT molecular complexity index is 1510. The van der Waals surface area contributed by atoms with Gasteiger partial charge in [0, 0.05) is 22.4 Å². The lowest BCUT2D eigenvalue weighted by Gasteiger charge is -2.35. The lowest BCUT2D eigenvalue weighted by molar-refractivity contribution is 0.371. The van der Waals surface area contributed by atoms with Crippen molar-refractivity contribution in [2.75, 3.05) is 12.4 Å². The summed E-state index contributed by atoms with van der Waals surface area (Å²) in [4.78, 5) is 0. The number of hydrogen-bond donors (Lipinski definition) is 2. The lowest BCUT2D eigenvalue weighted by atomic mass is 9.79. The number of fused-ring (bicyclic) bond motifs is 5. The summed E-state index contributed by atoms with van der Waals surface area (Å²) in [5.74, 6) is 1.96. The Morgan fingerprint density at radius 3 is 2.10 bits per heavy atom. The number of nitrogens with one attached hydrogen (secondary N) is 1. The molecular formula is C35H41NO3. The normalized spacial score (nSPS) is 16.9. The molecule has 0 fully saturated rings. The molecule has 2 heterocycles. The van der Waals surface area contributed by atoms with E-state index in [0.717, 1.165) is 39.3 Å². The zero-order chi connectivity index (χ0) is 28.5. The number of phenols is 1. The second-order valence-electron chi connectivity index (χ2n) is 13.5. The third-order valence-corrected chi connectivity index (χ3v) is 7.66. The maximum absolute atomic E-state index is 10.6. The summed E-state index contributed by atoms with van der Waals surface area (Å²) in [6, 6.07) is 14.6. The third kappa shape index (κ3) is 4.82. The van der Waals surface area contributed by atoms with Gasteiger partial charge in [-0.25, -0.2) is 0 Å². The number of ether oxygens (including phenoxy) is 2. The molecule has 0 bridgehead atoms. The molecular weight excluding hydrogens is 482 g/mol. The van der Waals surface area contributed by atoms with Crippen molar-refractivity contribution in [1.82, 2.24) is 0 Å². The predicted octanol–water partition coefficient (Wildman–Crippen LogP) is 9.16. The first kappa shape index (κ1) is 26.9. The van der Waals surface area contributed by atoms with Gasteiger partial charge in [-0.1, -0.05) is 71.9 Å². The van der Waals surface area contributed by atoms with E-state index in [0.29, 0.717) is 11.5 Å². The summed E-state index contributed by atoms with van der Waals surface area (Å²) in [6.45, 7) is 20.0. The second-order valence-corrected chi connectivity index (χ2v) is 13.5. The number of phenolic OH excluding ortho intramolecular Hbond substituents is 1. The van der Waals surface area contributed by atoms with Crippen molar-refractivity contribution in [2.45, 2.75) is 78.7 Å². The maximum atomic E-state index is 10.6. The molecule has 0 saturated carbocycles. The van der Waals surface area contributed by atoms with Crippen LogP contribution in [0.5, 0.6) is 17.2 Å². The molecule has 0 unspecified atom stereocenters. The molecule has 0 radical (unpaired) electrons. The molecule has 3 aromatic carbocycles. The quantitative estimate of drug-likeness (QED) is 0.352. The lowest BCUT2D eigenvalue weighted by Crippen LogP contribution is -2.32. The molecule has 2 aliphatic heterocycles. The number of hydrogen-bond acceptors (Lipinski definition) is 4. The zero-order valence-corrected chi connectivity index (χ0v) is 25.0. The summed E-state index contributed by atoms with van der Waals surface area (Å²) in [6.07, 6.45) is 4.43. The maximum Gasteiger partial charge on any atom is 0.172 e. The molecule has 0 amide bonds. The van der Waals surface area contributed by atoms with Crippen LogP contribution >= 0.6 is 0 Å². The fourth-order valence-electron chi connectivity index (χ4n) is 5.70. The highest BCUT2D eigenvalue weighted by atomic mass is 16.5. The third-order valence-electron chi connectivity index (χ3n) is 7.66. The monoisotopic (exact) mass is 523 g/mol. The Kier molecular flexibility index (Phi) is 6.17. The molecule has 204 valence electrons. The molecule has 39 heavy (non-hydrogen) atoms. The van der Waals surface area contributed by atoms with Crippen molar-refractivity contribution < 1.29 is 14.6 Å². The highest BCUT2D eigenvalue weighted by molar-refractivity contribution is 6.02. The van der Waals surface area contributed by atoms with Crippen LogP contribution in [0.1, 0.15) is 90.1 Å². The van der Waals surface area contributed by atoms with E-state index in [-0.39, 0.29) is 22.1 Å². The summed E-state index contributed by atoms with van der Waals surface area (Å²) in [5.41, 5.74) is 9.63. The topological polar surface area (TPSA) is 50.7 Å². The van der Waals surface area contributed by atoms with Crippen LogP contribution in [-0.2, 0) is 10.8 Å². The fourth-order valence-corrected chi connectivity index (χ4v) is 5.70. The number of methoxy groups -OCH3 is 1. The van der Waals surface area contributed by atoms with Gasteiger partial charge in [-0.15, -0.1) is 0 Å². The Balaban J connectivity index is 1.83. The van der Waals surface area contributed by atoms with Gasteiger partial charge in [0.1, 0.15) is 11.5 Å².